The van der Waals surface area contributed by atoms with Crippen LogP contribution in [0.15, 0.2) is 0 Å². The standard InChI is InChI=1S/C46H88O6/c1-5-7-9-11-13-15-16-17-18-19-21-25-29-33-37-44(47)50-40-43(52-46(49)39-35-31-27-20-14-12-10-8-6-2)41-51-45(48)38-34-30-26-23-22-24-28-32-36-42(3)4/h42-43H,5-41H2,1-4H3/t43-/m1/s1. The molecule has 0 aliphatic heterocycles. The molecule has 6 heteroatoms. The summed E-state index contributed by atoms with van der Waals surface area (Å²) in [6.07, 6.45) is 39.5. The van der Waals surface area contributed by atoms with Gasteiger partial charge in [-0.25, -0.2) is 0 Å². The van der Waals surface area contributed by atoms with Gasteiger partial charge in [0.1, 0.15) is 13.2 Å². The Morgan fingerprint density at radius 2 is 0.635 bits per heavy atom. The molecule has 0 aromatic heterocycles. The summed E-state index contributed by atoms with van der Waals surface area (Å²) in [7, 11) is 0. The molecule has 0 N–H and O–H groups in total. The fraction of sp³-hybridized carbons (Fsp3) is 0.935. The van der Waals surface area contributed by atoms with Crippen molar-refractivity contribution in [1.29, 1.82) is 0 Å². The average Bonchev–Trinajstić information content (AvgIpc) is 3.12. The molecule has 0 heterocycles. The van der Waals surface area contributed by atoms with Crippen LogP contribution in [-0.2, 0) is 28.6 Å². The molecule has 0 aliphatic rings. The zero-order chi connectivity index (χ0) is 38.2. The summed E-state index contributed by atoms with van der Waals surface area (Å²) in [4.78, 5) is 37.6. The highest BCUT2D eigenvalue weighted by Gasteiger charge is 2.19. The number of esters is 3. The van der Waals surface area contributed by atoms with Gasteiger partial charge in [-0.2, -0.15) is 0 Å². The number of ether oxygens (including phenoxy) is 3. The van der Waals surface area contributed by atoms with E-state index in [4.69, 9.17) is 14.2 Å². The van der Waals surface area contributed by atoms with Crippen LogP contribution < -0.4 is 0 Å². The Hall–Kier alpha value is -1.59. The van der Waals surface area contributed by atoms with Crippen LogP contribution in [0.25, 0.3) is 0 Å². The first-order chi connectivity index (χ1) is 25.4. The minimum Gasteiger partial charge on any atom is -0.462 e. The third-order valence-electron chi connectivity index (χ3n) is 10.3. The van der Waals surface area contributed by atoms with Crippen LogP contribution >= 0.6 is 0 Å². The Labute approximate surface area is 323 Å². The third-order valence-corrected chi connectivity index (χ3v) is 10.3. The van der Waals surface area contributed by atoms with Gasteiger partial charge in [0, 0.05) is 19.3 Å². The fourth-order valence-electron chi connectivity index (χ4n) is 6.80. The van der Waals surface area contributed by atoms with E-state index in [0.29, 0.717) is 19.3 Å². The summed E-state index contributed by atoms with van der Waals surface area (Å²) in [6.45, 7) is 8.95. The molecule has 0 saturated heterocycles. The Kier molecular flexibility index (Phi) is 39.4. The second kappa shape index (κ2) is 40.6. The van der Waals surface area contributed by atoms with Gasteiger partial charge in [-0.3, -0.25) is 14.4 Å². The summed E-state index contributed by atoms with van der Waals surface area (Å²) in [5, 5.41) is 0. The van der Waals surface area contributed by atoms with E-state index in [2.05, 4.69) is 27.7 Å². The Morgan fingerprint density at radius 1 is 0.365 bits per heavy atom. The summed E-state index contributed by atoms with van der Waals surface area (Å²) < 4.78 is 16.7. The van der Waals surface area contributed by atoms with Gasteiger partial charge in [0.15, 0.2) is 6.10 Å². The number of unbranched alkanes of at least 4 members (excludes halogenated alkanes) is 28. The zero-order valence-corrected chi connectivity index (χ0v) is 35.3. The molecular formula is C46H88O6. The molecule has 308 valence electrons. The van der Waals surface area contributed by atoms with Crippen molar-refractivity contribution in [2.75, 3.05) is 13.2 Å². The minimum atomic E-state index is -0.758. The molecule has 0 radical (unpaired) electrons. The van der Waals surface area contributed by atoms with E-state index < -0.39 is 6.10 Å². The van der Waals surface area contributed by atoms with Crippen LogP contribution in [0.2, 0.25) is 0 Å². The molecule has 0 saturated carbocycles. The molecule has 0 spiro atoms. The van der Waals surface area contributed by atoms with Crippen LogP contribution in [0.3, 0.4) is 0 Å². The van der Waals surface area contributed by atoms with Crippen molar-refractivity contribution < 1.29 is 28.6 Å². The average molecular weight is 737 g/mol. The Bertz CT molecular complexity index is 781. The van der Waals surface area contributed by atoms with Crippen LogP contribution in [0.5, 0.6) is 0 Å². The van der Waals surface area contributed by atoms with Crippen molar-refractivity contribution >= 4 is 17.9 Å². The molecule has 52 heavy (non-hydrogen) atoms. The number of rotatable bonds is 41. The maximum absolute atomic E-state index is 12.7. The summed E-state index contributed by atoms with van der Waals surface area (Å²) in [5.41, 5.74) is 0. The molecular weight excluding hydrogens is 648 g/mol. The van der Waals surface area contributed by atoms with E-state index in [-0.39, 0.29) is 31.1 Å². The molecule has 0 rings (SSSR count). The first-order valence-electron chi connectivity index (χ1n) is 22.9. The molecule has 6 nitrogen and oxygen atoms in total. The van der Waals surface area contributed by atoms with Gasteiger partial charge >= 0.3 is 17.9 Å². The molecule has 1 atom stereocenters. The predicted molar refractivity (Wildman–Crippen MR) is 220 cm³/mol. The van der Waals surface area contributed by atoms with Gasteiger partial charge < -0.3 is 14.2 Å². The Morgan fingerprint density at radius 3 is 0.942 bits per heavy atom. The number of carbonyl (C=O) groups excluding carboxylic acids is 3. The maximum atomic E-state index is 12.7. The Balaban J connectivity index is 4.29. The van der Waals surface area contributed by atoms with Crippen LogP contribution in [-0.4, -0.2) is 37.2 Å². The van der Waals surface area contributed by atoms with Crippen LogP contribution in [0, 0.1) is 5.92 Å². The second-order valence-corrected chi connectivity index (χ2v) is 16.2. The summed E-state index contributed by atoms with van der Waals surface area (Å²) >= 11 is 0. The molecule has 0 aromatic carbocycles. The van der Waals surface area contributed by atoms with Crippen molar-refractivity contribution in [2.24, 2.45) is 5.92 Å². The third kappa shape index (κ3) is 39.6. The molecule has 0 bridgehead atoms. The van der Waals surface area contributed by atoms with E-state index in [1.807, 2.05) is 0 Å². The van der Waals surface area contributed by atoms with Gasteiger partial charge in [0.05, 0.1) is 0 Å². The van der Waals surface area contributed by atoms with Crippen molar-refractivity contribution in [3.63, 3.8) is 0 Å². The van der Waals surface area contributed by atoms with Crippen LogP contribution in [0.4, 0.5) is 0 Å². The molecule has 0 aromatic rings. The highest BCUT2D eigenvalue weighted by Crippen LogP contribution is 2.16. The lowest BCUT2D eigenvalue weighted by molar-refractivity contribution is -0.167. The smallest absolute Gasteiger partial charge is 0.306 e. The van der Waals surface area contributed by atoms with Gasteiger partial charge in [0.2, 0.25) is 0 Å². The van der Waals surface area contributed by atoms with E-state index in [1.165, 1.54) is 148 Å². The molecule has 0 aliphatic carbocycles. The second-order valence-electron chi connectivity index (χ2n) is 16.2. The first kappa shape index (κ1) is 50.4. The molecule has 0 unspecified atom stereocenters. The monoisotopic (exact) mass is 737 g/mol. The fourth-order valence-corrected chi connectivity index (χ4v) is 6.80. The van der Waals surface area contributed by atoms with E-state index in [9.17, 15) is 14.4 Å². The minimum absolute atomic E-state index is 0.0641. The van der Waals surface area contributed by atoms with Gasteiger partial charge in [0.25, 0.3) is 0 Å². The number of carbonyl (C=O) groups is 3. The van der Waals surface area contributed by atoms with Crippen molar-refractivity contribution in [1.82, 2.24) is 0 Å². The lowest BCUT2D eigenvalue weighted by Gasteiger charge is -2.18. The van der Waals surface area contributed by atoms with Gasteiger partial charge in [-0.05, 0) is 25.2 Å². The van der Waals surface area contributed by atoms with E-state index in [0.717, 1.165) is 63.7 Å². The maximum Gasteiger partial charge on any atom is 0.306 e. The van der Waals surface area contributed by atoms with Gasteiger partial charge in [-0.15, -0.1) is 0 Å². The summed E-state index contributed by atoms with van der Waals surface area (Å²) in [6, 6.07) is 0. The quantitative estimate of drug-likeness (QED) is 0.0353. The predicted octanol–water partition coefficient (Wildman–Crippen LogP) is 14.3. The largest absolute Gasteiger partial charge is 0.462 e. The summed E-state index contributed by atoms with van der Waals surface area (Å²) in [5.74, 6) is -0.0610. The normalized spacial score (nSPS) is 11.9. The highest BCUT2D eigenvalue weighted by molar-refractivity contribution is 5.71. The lowest BCUT2D eigenvalue weighted by Crippen LogP contribution is -2.30. The van der Waals surface area contributed by atoms with Gasteiger partial charge in [-0.1, -0.05) is 214 Å². The molecule has 0 fully saturated rings. The molecule has 0 amide bonds. The zero-order valence-electron chi connectivity index (χ0n) is 35.3. The van der Waals surface area contributed by atoms with Crippen molar-refractivity contribution in [3.05, 3.63) is 0 Å². The van der Waals surface area contributed by atoms with Crippen molar-refractivity contribution in [2.45, 2.75) is 259 Å². The lowest BCUT2D eigenvalue weighted by atomic mass is 10.0. The first-order valence-corrected chi connectivity index (χ1v) is 22.9. The van der Waals surface area contributed by atoms with E-state index >= 15 is 0 Å². The van der Waals surface area contributed by atoms with E-state index in [1.54, 1.807) is 0 Å². The number of hydrogen-bond donors (Lipinski definition) is 0. The number of hydrogen-bond acceptors (Lipinski definition) is 6. The highest BCUT2D eigenvalue weighted by atomic mass is 16.6. The topological polar surface area (TPSA) is 78.9 Å². The van der Waals surface area contributed by atoms with Crippen LogP contribution in [0.1, 0.15) is 252 Å². The van der Waals surface area contributed by atoms with Crippen molar-refractivity contribution in [3.8, 4) is 0 Å². The SMILES string of the molecule is CCCCCCCCCCCCCCCCC(=O)OC[C@H](COC(=O)CCCCCCCCCCC(C)C)OC(=O)CCCCCCCCCCC.